The first-order valence-electron chi connectivity index (χ1n) is 7.36. The van der Waals surface area contributed by atoms with Crippen molar-refractivity contribution in [1.82, 2.24) is 9.55 Å². The Hall–Kier alpha value is -1.35. The van der Waals surface area contributed by atoms with E-state index >= 15 is 0 Å². The van der Waals surface area contributed by atoms with Gasteiger partial charge in [0.25, 0.3) is 0 Å². The summed E-state index contributed by atoms with van der Waals surface area (Å²) in [6.45, 7) is 6.74. The quantitative estimate of drug-likeness (QED) is 0.749. The second-order valence-electron chi connectivity index (χ2n) is 6.71. The van der Waals surface area contributed by atoms with Crippen LogP contribution in [0.4, 0.5) is 0 Å². The molecular formula is C17H22N2S. The summed E-state index contributed by atoms with van der Waals surface area (Å²) in [5.41, 5.74) is 4.32. The monoisotopic (exact) mass is 286 g/mol. The van der Waals surface area contributed by atoms with Gasteiger partial charge in [-0.2, -0.15) is 0 Å². The summed E-state index contributed by atoms with van der Waals surface area (Å²) in [6.07, 6.45) is 5.68. The first-order valence-corrected chi connectivity index (χ1v) is 7.77. The van der Waals surface area contributed by atoms with Crippen molar-refractivity contribution < 1.29 is 0 Å². The Bertz CT molecular complexity index is 673. The van der Waals surface area contributed by atoms with Gasteiger partial charge in [-0.15, -0.1) is 0 Å². The number of aromatic amines is 1. The summed E-state index contributed by atoms with van der Waals surface area (Å²) < 4.78 is 3.18. The van der Waals surface area contributed by atoms with E-state index in [1.54, 1.807) is 0 Å². The molecule has 0 saturated heterocycles. The van der Waals surface area contributed by atoms with Crippen LogP contribution in [-0.2, 0) is 11.8 Å². The Kier molecular flexibility index (Phi) is 3.33. The lowest BCUT2D eigenvalue weighted by atomic mass is 9.86. The largest absolute Gasteiger partial charge is 0.337 e. The van der Waals surface area contributed by atoms with Crippen LogP contribution >= 0.6 is 12.2 Å². The van der Waals surface area contributed by atoms with Crippen molar-refractivity contribution in [2.45, 2.75) is 51.5 Å². The molecule has 0 spiro atoms. The molecule has 3 rings (SSSR count). The number of imidazole rings is 1. The molecule has 2 nitrogen and oxygen atoms in total. The smallest absolute Gasteiger partial charge is 0.177 e. The summed E-state index contributed by atoms with van der Waals surface area (Å²) in [7, 11) is 0. The van der Waals surface area contributed by atoms with Gasteiger partial charge in [0.15, 0.2) is 4.77 Å². The van der Waals surface area contributed by atoms with Crippen LogP contribution in [0.2, 0.25) is 0 Å². The van der Waals surface area contributed by atoms with Gasteiger partial charge in [-0.1, -0.05) is 45.0 Å². The van der Waals surface area contributed by atoms with Crippen molar-refractivity contribution in [2.24, 2.45) is 0 Å². The third-order valence-corrected chi connectivity index (χ3v) is 4.54. The first-order chi connectivity index (χ1) is 9.48. The van der Waals surface area contributed by atoms with E-state index in [9.17, 15) is 0 Å². The van der Waals surface area contributed by atoms with Crippen molar-refractivity contribution in [2.75, 3.05) is 0 Å². The molecule has 0 radical (unpaired) electrons. The van der Waals surface area contributed by atoms with Gasteiger partial charge < -0.3 is 9.55 Å². The van der Waals surface area contributed by atoms with Crippen LogP contribution in [-0.4, -0.2) is 9.55 Å². The number of nitrogens with zero attached hydrogens (tertiary/aromatic N) is 1. The van der Waals surface area contributed by atoms with Crippen molar-refractivity contribution in [3.05, 3.63) is 52.1 Å². The molecule has 0 amide bonds. The van der Waals surface area contributed by atoms with Crippen molar-refractivity contribution in [3.63, 3.8) is 0 Å². The van der Waals surface area contributed by atoms with Crippen LogP contribution in [0.15, 0.2) is 30.5 Å². The number of fused-ring (bicyclic) bond motifs is 1. The van der Waals surface area contributed by atoms with Crippen LogP contribution in [0.3, 0.4) is 0 Å². The highest BCUT2D eigenvalue weighted by Crippen LogP contribution is 2.36. The number of nitrogens with one attached hydrogen (secondary N) is 1. The second-order valence-corrected chi connectivity index (χ2v) is 7.09. The summed E-state index contributed by atoms with van der Waals surface area (Å²) >= 11 is 5.56. The number of rotatable bonds is 1. The minimum Gasteiger partial charge on any atom is -0.337 e. The highest BCUT2D eigenvalue weighted by molar-refractivity contribution is 7.71. The van der Waals surface area contributed by atoms with Gasteiger partial charge >= 0.3 is 0 Å². The topological polar surface area (TPSA) is 20.7 Å². The minimum absolute atomic E-state index is 0.0972. The summed E-state index contributed by atoms with van der Waals surface area (Å²) in [5.74, 6) is 0. The minimum atomic E-state index is 0.0972. The fourth-order valence-electron chi connectivity index (χ4n) is 3.26. The molecule has 20 heavy (non-hydrogen) atoms. The van der Waals surface area contributed by atoms with E-state index in [4.69, 9.17) is 12.2 Å². The molecule has 1 heterocycles. The Morgan fingerprint density at radius 2 is 2.00 bits per heavy atom. The highest BCUT2D eigenvalue weighted by Gasteiger charge is 2.27. The van der Waals surface area contributed by atoms with E-state index in [1.165, 1.54) is 36.1 Å². The maximum Gasteiger partial charge on any atom is 0.177 e. The molecule has 3 heteroatoms. The number of hydrogen-bond donors (Lipinski definition) is 1. The molecule has 0 fully saturated rings. The molecule has 0 saturated carbocycles. The molecule has 106 valence electrons. The predicted molar refractivity (Wildman–Crippen MR) is 85.8 cm³/mol. The molecule has 2 aromatic rings. The van der Waals surface area contributed by atoms with Crippen molar-refractivity contribution >= 4 is 12.2 Å². The Labute approximate surface area is 125 Å². The number of aromatic nitrogens is 2. The lowest BCUT2D eigenvalue weighted by Gasteiger charge is -2.31. The van der Waals surface area contributed by atoms with E-state index in [0.29, 0.717) is 6.04 Å². The van der Waals surface area contributed by atoms with Crippen LogP contribution in [0.1, 0.15) is 56.5 Å². The number of benzene rings is 1. The van der Waals surface area contributed by atoms with Gasteiger partial charge in [0.05, 0.1) is 6.04 Å². The van der Waals surface area contributed by atoms with Crippen LogP contribution in [0.25, 0.3) is 0 Å². The molecule has 1 aromatic heterocycles. The Morgan fingerprint density at radius 1 is 1.25 bits per heavy atom. The lowest BCUT2D eigenvalue weighted by molar-refractivity contribution is 0.435. The molecule has 1 aliphatic rings. The third kappa shape index (κ3) is 2.24. The zero-order chi connectivity index (χ0) is 14.3. The molecular weight excluding hydrogens is 264 g/mol. The zero-order valence-electron chi connectivity index (χ0n) is 12.4. The summed E-state index contributed by atoms with van der Waals surface area (Å²) in [6, 6.07) is 9.19. The highest BCUT2D eigenvalue weighted by atomic mass is 32.1. The van der Waals surface area contributed by atoms with E-state index in [-0.39, 0.29) is 5.41 Å². The number of aryl methyl sites for hydroxylation is 1. The van der Waals surface area contributed by atoms with Gasteiger partial charge in [-0.25, -0.2) is 0 Å². The van der Waals surface area contributed by atoms with E-state index in [2.05, 4.69) is 60.8 Å². The molecule has 0 aliphatic heterocycles. The molecule has 1 N–H and O–H groups in total. The van der Waals surface area contributed by atoms with Gasteiger partial charge in [-0.3, -0.25) is 0 Å². The summed E-state index contributed by atoms with van der Waals surface area (Å²) in [4.78, 5) is 3.25. The van der Waals surface area contributed by atoms with Crippen LogP contribution in [0.5, 0.6) is 0 Å². The van der Waals surface area contributed by atoms with Gasteiger partial charge in [0, 0.05) is 17.3 Å². The normalized spacial score (nSPS) is 18.9. The predicted octanol–water partition coefficient (Wildman–Crippen LogP) is 4.77. The Morgan fingerprint density at radius 3 is 2.75 bits per heavy atom. The molecule has 0 bridgehead atoms. The molecule has 1 unspecified atom stereocenters. The third-order valence-electron chi connectivity index (χ3n) is 4.23. The number of hydrogen-bond acceptors (Lipinski definition) is 1. The van der Waals surface area contributed by atoms with E-state index in [0.717, 1.165) is 4.77 Å². The SMILES string of the molecule is CC(C)(C)c1c[nH]c(=S)n1C1CCCc2ccccc21. The van der Waals surface area contributed by atoms with Gasteiger partial charge in [0.2, 0.25) is 0 Å². The van der Waals surface area contributed by atoms with Gasteiger partial charge in [-0.05, 0) is 42.6 Å². The summed E-state index contributed by atoms with van der Waals surface area (Å²) in [5, 5.41) is 0. The molecule has 1 aliphatic carbocycles. The average Bonchev–Trinajstić information content (AvgIpc) is 2.80. The average molecular weight is 286 g/mol. The maximum absolute atomic E-state index is 5.56. The number of H-pyrrole nitrogens is 1. The van der Waals surface area contributed by atoms with E-state index < -0.39 is 0 Å². The van der Waals surface area contributed by atoms with Gasteiger partial charge in [0.1, 0.15) is 0 Å². The van der Waals surface area contributed by atoms with Crippen LogP contribution in [0, 0.1) is 4.77 Å². The Balaban J connectivity index is 2.16. The molecule has 1 atom stereocenters. The lowest BCUT2D eigenvalue weighted by Crippen LogP contribution is -2.24. The fraction of sp³-hybridized carbons (Fsp3) is 0.471. The zero-order valence-corrected chi connectivity index (χ0v) is 13.3. The standard InChI is InChI=1S/C17H22N2S/c1-17(2,3)15-11-18-16(20)19(15)14-10-6-8-12-7-4-5-9-13(12)14/h4-5,7,9,11,14H,6,8,10H2,1-3H3,(H,18,20). The second kappa shape index (κ2) is 4.88. The van der Waals surface area contributed by atoms with E-state index in [1.807, 2.05) is 0 Å². The van der Waals surface area contributed by atoms with Crippen molar-refractivity contribution in [1.29, 1.82) is 0 Å². The first kappa shape index (κ1) is 13.6. The fourth-order valence-corrected chi connectivity index (χ4v) is 3.55. The maximum atomic E-state index is 5.56. The van der Waals surface area contributed by atoms with Crippen molar-refractivity contribution in [3.8, 4) is 0 Å². The molecule has 1 aromatic carbocycles. The van der Waals surface area contributed by atoms with Crippen LogP contribution < -0.4 is 0 Å².